The van der Waals surface area contributed by atoms with Crippen LogP contribution in [0, 0.1) is 0 Å². The molecule has 4 heteroatoms. The molecule has 0 radical (unpaired) electrons. The molecule has 12 aromatic rings. The predicted molar refractivity (Wildman–Crippen MR) is 250 cm³/mol. The summed E-state index contributed by atoms with van der Waals surface area (Å²) in [6.45, 7) is 0. The van der Waals surface area contributed by atoms with E-state index in [2.05, 4.69) is 200 Å². The first-order chi connectivity index (χ1) is 29.2. The third-order valence-electron chi connectivity index (χ3n) is 11.7. The molecule has 0 aliphatic carbocycles. The van der Waals surface area contributed by atoms with Crippen molar-refractivity contribution in [3.63, 3.8) is 0 Å². The van der Waals surface area contributed by atoms with E-state index in [0.717, 1.165) is 33.0 Å². The molecule has 3 nitrogen and oxygen atoms in total. The maximum Gasteiger partial charge on any atom is 0.165 e. The van der Waals surface area contributed by atoms with Gasteiger partial charge in [-0.15, -0.1) is 11.3 Å². The van der Waals surface area contributed by atoms with Gasteiger partial charge in [-0.25, -0.2) is 15.0 Å². The molecular weight excluding hydrogens is 735 g/mol. The van der Waals surface area contributed by atoms with Crippen molar-refractivity contribution in [1.82, 2.24) is 15.0 Å². The van der Waals surface area contributed by atoms with Gasteiger partial charge in [-0.3, -0.25) is 0 Å². The molecule has 0 aliphatic heterocycles. The first-order valence-corrected chi connectivity index (χ1v) is 20.8. The van der Waals surface area contributed by atoms with Gasteiger partial charge in [-0.1, -0.05) is 176 Å². The van der Waals surface area contributed by atoms with E-state index < -0.39 is 0 Å². The molecule has 0 saturated heterocycles. The smallest absolute Gasteiger partial charge is 0.165 e. The summed E-state index contributed by atoms with van der Waals surface area (Å²) >= 11 is 1.79. The average Bonchev–Trinajstić information content (AvgIpc) is 3.70. The Morgan fingerprint density at radius 1 is 0.271 bits per heavy atom. The third kappa shape index (κ3) is 5.53. The van der Waals surface area contributed by atoms with E-state index in [-0.39, 0.29) is 0 Å². The Labute approximate surface area is 344 Å². The van der Waals surface area contributed by atoms with Gasteiger partial charge in [0.05, 0.1) is 0 Å². The van der Waals surface area contributed by atoms with E-state index in [1.807, 2.05) is 0 Å². The molecule has 0 N–H and O–H groups in total. The normalized spacial score (nSPS) is 11.7. The number of hydrogen-bond donors (Lipinski definition) is 0. The molecule has 0 saturated carbocycles. The van der Waals surface area contributed by atoms with E-state index in [4.69, 9.17) is 15.0 Å². The van der Waals surface area contributed by atoms with Crippen molar-refractivity contribution in [2.24, 2.45) is 0 Å². The lowest BCUT2D eigenvalue weighted by atomic mass is 9.92. The van der Waals surface area contributed by atoms with Crippen LogP contribution in [0.2, 0.25) is 0 Å². The zero-order valence-electron chi connectivity index (χ0n) is 31.8. The van der Waals surface area contributed by atoms with E-state index >= 15 is 0 Å². The Hall–Kier alpha value is -7.53. The van der Waals surface area contributed by atoms with Crippen molar-refractivity contribution >= 4 is 74.6 Å². The van der Waals surface area contributed by atoms with Gasteiger partial charge in [0.1, 0.15) is 0 Å². The molecule has 0 aliphatic rings. The Kier molecular flexibility index (Phi) is 7.72. The number of aromatic nitrogens is 3. The van der Waals surface area contributed by atoms with Crippen LogP contribution >= 0.6 is 11.3 Å². The van der Waals surface area contributed by atoms with Gasteiger partial charge in [0.2, 0.25) is 0 Å². The Bertz CT molecular complexity index is 3620. The zero-order chi connectivity index (χ0) is 38.9. The van der Waals surface area contributed by atoms with Crippen LogP contribution in [0.15, 0.2) is 200 Å². The van der Waals surface area contributed by atoms with Gasteiger partial charge in [0.25, 0.3) is 0 Å². The number of rotatable bonds is 5. The van der Waals surface area contributed by atoms with Crippen LogP contribution in [0.1, 0.15) is 0 Å². The van der Waals surface area contributed by atoms with Gasteiger partial charge in [-0.2, -0.15) is 0 Å². The minimum atomic E-state index is 0.639. The summed E-state index contributed by atoms with van der Waals surface area (Å²) < 4.78 is 2.42. The van der Waals surface area contributed by atoms with E-state index in [0.29, 0.717) is 17.5 Å². The maximum absolute atomic E-state index is 5.33. The van der Waals surface area contributed by atoms with Gasteiger partial charge >= 0.3 is 0 Å². The summed E-state index contributed by atoms with van der Waals surface area (Å²) in [5.74, 6) is 1.95. The van der Waals surface area contributed by atoms with Crippen LogP contribution in [0.4, 0.5) is 0 Å². The molecule has 2 heterocycles. The van der Waals surface area contributed by atoms with Gasteiger partial charge in [0, 0.05) is 36.9 Å². The third-order valence-corrected chi connectivity index (χ3v) is 13.0. The highest BCUT2D eigenvalue weighted by Crippen LogP contribution is 2.42. The van der Waals surface area contributed by atoms with Gasteiger partial charge < -0.3 is 0 Å². The minimum absolute atomic E-state index is 0.639. The topological polar surface area (TPSA) is 38.7 Å². The number of benzene rings is 10. The van der Waals surface area contributed by atoms with E-state index in [9.17, 15) is 0 Å². The van der Waals surface area contributed by atoms with Gasteiger partial charge in [-0.05, 0) is 89.6 Å². The number of fused-ring (bicyclic) bond motifs is 8. The van der Waals surface area contributed by atoms with Gasteiger partial charge in [0.15, 0.2) is 17.5 Å². The van der Waals surface area contributed by atoms with Crippen molar-refractivity contribution in [3.8, 4) is 56.4 Å². The highest BCUT2D eigenvalue weighted by atomic mass is 32.1. The van der Waals surface area contributed by atoms with Crippen LogP contribution < -0.4 is 0 Å². The summed E-state index contributed by atoms with van der Waals surface area (Å²) in [6.07, 6.45) is 0. The second-order valence-electron chi connectivity index (χ2n) is 15.1. The van der Waals surface area contributed by atoms with Crippen molar-refractivity contribution in [2.75, 3.05) is 0 Å². The molecule has 0 fully saturated rings. The van der Waals surface area contributed by atoms with E-state index in [1.54, 1.807) is 11.3 Å². The first kappa shape index (κ1) is 33.6. The molecule has 0 unspecified atom stereocenters. The SMILES string of the molecule is c1ccc2c(-c3ccc(-c4nc(-c5ccc(-c6cc7ccccc7c7ccccc67)cc5)nc(-c5cccc6c5sc5ccccc56)n4)c4ccccc34)cccc2c1. The molecule has 0 amide bonds. The van der Waals surface area contributed by atoms with Crippen molar-refractivity contribution < 1.29 is 0 Å². The van der Waals surface area contributed by atoms with Crippen LogP contribution in [-0.2, 0) is 0 Å². The summed E-state index contributed by atoms with van der Waals surface area (Å²) in [6, 6.07) is 71.6. The lowest BCUT2D eigenvalue weighted by Gasteiger charge is -2.15. The second-order valence-corrected chi connectivity index (χ2v) is 16.1. The molecular formula is C55H33N3S. The Morgan fingerprint density at radius 2 is 0.763 bits per heavy atom. The van der Waals surface area contributed by atoms with E-state index in [1.165, 1.54) is 69.2 Å². The first-order valence-electron chi connectivity index (χ1n) is 19.9. The summed E-state index contributed by atoms with van der Waals surface area (Å²) in [5, 5.41) is 12.1. The van der Waals surface area contributed by atoms with Crippen molar-refractivity contribution in [3.05, 3.63) is 200 Å². The molecule has 59 heavy (non-hydrogen) atoms. The average molecular weight is 768 g/mol. The maximum atomic E-state index is 5.33. The highest BCUT2D eigenvalue weighted by molar-refractivity contribution is 7.26. The molecule has 10 aromatic carbocycles. The van der Waals surface area contributed by atoms with Crippen LogP contribution in [-0.4, -0.2) is 15.0 Å². The fourth-order valence-electron chi connectivity index (χ4n) is 8.95. The lowest BCUT2D eigenvalue weighted by molar-refractivity contribution is 1.08. The summed E-state index contributed by atoms with van der Waals surface area (Å²) in [5.41, 5.74) is 7.65. The molecule has 0 bridgehead atoms. The minimum Gasteiger partial charge on any atom is -0.208 e. The summed E-state index contributed by atoms with van der Waals surface area (Å²) in [4.78, 5) is 15.9. The molecule has 0 atom stereocenters. The number of thiophene rings is 1. The van der Waals surface area contributed by atoms with Crippen LogP contribution in [0.5, 0.6) is 0 Å². The monoisotopic (exact) mass is 767 g/mol. The standard InChI is InChI=1S/C55H33N3S/c1-3-16-38-34(13-1)15-11-23-41(38)45-31-32-48(43-20-7-6-19-42(43)45)54-56-53(57-55(58-54)49-25-12-24-47-46-22-9-10-26-51(46)59-52(47)49)36-29-27-35(28-30-36)50-33-37-14-2-4-17-39(37)40-18-5-8-21-44(40)50/h1-33H. The van der Waals surface area contributed by atoms with Crippen molar-refractivity contribution in [2.45, 2.75) is 0 Å². The predicted octanol–water partition coefficient (Wildman–Crippen LogP) is 15.2. The fraction of sp³-hybridized carbons (Fsp3) is 0. The molecule has 274 valence electrons. The fourth-order valence-corrected chi connectivity index (χ4v) is 10.2. The lowest BCUT2D eigenvalue weighted by Crippen LogP contribution is -2.01. The number of nitrogens with zero attached hydrogens (tertiary/aromatic N) is 3. The Morgan fingerprint density at radius 3 is 1.56 bits per heavy atom. The quantitative estimate of drug-likeness (QED) is 0.164. The number of hydrogen-bond acceptors (Lipinski definition) is 4. The Balaban J connectivity index is 1.06. The largest absolute Gasteiger partial charge is 0.208 e. The van der Waals surface area contributed by atoms with Crippen molar-refractivity contribution in [1.29, 1.82) is 0 Å². The summed E-state index contributed by atoms with van der Waals surface area (Å²) in [7, 11) is 0. The zero-order valence-corrected chi connectivity index (χ0v) is 32.6. The highest BCUT2D eigenvalue weighted by Gasteiger charge is 2.19. The van der Waals surface area contributed by atoms with Crippen LogP contribution in [0.3, 0.4) is 0 Å². The molecule has 0 spiro atoms. The molecule has 2 aromatic heterocycles. The second kappa shape index (κ2) is 13.6. The van der Waals surface area contributed by atoms with Crippen LogP contribution in [0.25, 0.3) is 120 Å². The molecule has 12 rings (SSSR count).